The van der Waals surface area contributed by atoms with Crippen molar-refractivity contribution in [1.82, 2.24) is 20.3 Å². The molecule has 2 aromatic heterocycles. The SMILES string of the molecule is CCNc1cc(NCCNC(=O)c2ccncc2)nc(C)n1. The van der Waals surface area contributed by atoms with Crippen molar-refractivity contribution in [3.63, 3.8) is 0 Å². The van der Waals surface area contributed by atoms with Gasteiger partial charge in [0, 0.05) is 43.7 Å². The molecule has 2 aromatic rings. The van der Waals surface area contributed by atoms with Crippen molar-refractivity contribution >= 4 is 17.5 Å². The second-order valence-corrected chi connectivity index (χ2v) is 4.63. The number of hydrogen-bond acceptors (Lipinski definition) is 6. The Morgan fingerprint density at radius 2 is 1.77 bits per heavy atom. The molecular formula is C15H20N6O. The van der Waals surface area contributed by atoms with Crippen LogP contribution < -0.4 is 16.0 Å². The minimum atomic E-state index is -0.114. The van der Waals surface area contributed by atoms with Crippen LogP contribution in [0.1, 0.15) is 23.1 Å². The highest BCUT2D eigenvalue weighted by Crippen LogP contribution is 2.10. The number of aromatic nitrogens is 3. The van der Waals surface area contributed by atoms with Gasteiger partial charge in [0.25, 0.3) is 5.91 Å². The molecule has 0 fully saturated rings. The van der Waals surface area contributed by atoms with Crippen LogP contribution in [0.4, 0.5) is 11.6 Å². The first-order valence-electron chi connectivity index (χ1n) is 7.20. The summed E-state index contributed by atoms with van der Waals surface area (Å²) >= 11 is 0. The molecule has 116 valence electrons. The predicted octanol–water partition coefficient (Wildman–Crippen LogP) is 1.45. The van der Waals surface area contributed by atoms with Crippen LogP contribution in [0.25, 0.3) is 0 Å². The van der Waals surface area contributed by atoms with Crippen LogP contribution in [0.15, 0.2) is 30.6 Å². The summed E-state index contributed by atoms with van der Waals surface area (Å²) < 4.78 is 0. The number of amides is 1. The Bertz CT molecular complexity index is 617. The Labute approximate surface area is 129 Å². The second kappa shape index (κ2) is 7.92. The molecule has 1 amide bonds. The van der Waals surface area contributed by atoms with Crippen LogP contribution in [0.5, 0.6) is 0 Å². The van der Waals surface area contributed by atoms with Crippen LogP contribution >= 0.6 is 0 Å². The number of carbonyl (C=O) groups is 1. The molecule has 0 radical (unpaired) electrons. The maximum absolute atomic E-state index is 11.8. The van der Waals surface area contributed by atoms with Gasteiger partial charge in [-0.3, -0.25) is 9.78 Å². The van der Waals surface area contributed by atoms with E-state index in [9.17, 15) is 4.79 Å². The molecule has 2 heterocycles. The predicted molar refractivity (Wildman–Crippen MR) is 86.0 cm³/mol. The van der Waals surface area contributed by atoms with Gasteiger partial charge in [-0.15, -0.1) is 0 Å². The molecule has 22 heavy (non-hydrogen) atoms. The van der Waals surface area contributed by atoms with Gasteiger partial charge in [0.2, 0.25) is 0 Å². The zero-order chi connectivity index (χ0) is 15.8. The van der Waals surface area contributed by atoms with Gasteiger partial charge in [-0.05, 0) is 26.0 Å². The van der Waals surface area contributed by atoms with E-state index in [1.807, 2.05) is 19.9 Å². The molecule has 2 rings (SSSR count). The molecule has 0 unspecified atom stereocenters. The van der Waals surface area contributed by atoms with Gasteiger partial charge in [-0.2, -0.15) is 0 Å². The minimum Gasteiger partial charge on any atom is -0.370 e. The lowest BCUT2D eigenvalue weighted by molar-refractivity contribution is 0.0955. The van der Waals surface area contributed by atoms with Crippen molar-refractivity contribution in [1.29, 1.82) is 0 Å². The lowest BCUT2D eigenvalue weighted by atomic mass is 10.2. The molecule has 0 saturated carbocycles. The number of nitrogens with one attached hydrogen (secondary N) is 3. The Morgan fingerprint density at radius 3 is 2.45 bits per heavy atom. The smallest absolute Gasteiger partial charge is 0.251 e. The second-order valence-electron chi connectivity index (χ2n) is 4.63. The topological polar surface area (TPSA) is 91.8 Å². The standard InChI is InChI=1S/C15H20N6O/c1-3-17-13-10-14(21-11(2)20-13)18-8-9-19-15(22)12-4-6-16-7-5-12/h4-7,10H,3,8-9H2,1-2H3,(H,19,22)(H2,17,18,20,21). The molecule has 3 N–H and O–H groups in total. The van der Waals surface area contributed by atoms with E-state index in [0.717, 1.165) is 18.2 Å². The third-order valence-electron chi connectivity index (χ3n) is 2.86. The summed E-state index contributed by atoms with van der Waals surface area (Å²) in [5, 5.41) is 9.16. The summed E-state index contributed by atoms with van der Waals surface area (Å²) in [6, 6.07) is 5.21. The fraction of sp³-hybridized carbons (Fsp3) is 0.333. The van der Waals surface area contributed by atoms with E-state index in [4.69, 9.17) is 0 Å². The highest BCUT2D eigenvalue weighted by molar-refractivity contribution is 5.93. The highest BCUT2D eigenvalue weighted by Gasteiger charge is 2.04. The van der Waals surface area contributed by atoms with Crippen LogP contribution in [0.3, 0.4) is 0 Å². The van der Waals surface area contributed by atoms with Gasteiger partial charge in [0.15, 0.2) is 0 Å². The number of anilines is 2. The molecule has 0 aliphatic heterocycles. The molecule has 7 heteroatoms. The van der Waals surface area contributed by atoms with Crippen molar-refractivity contribution in [2.24, 2.45) is 0 Å². The number of hydrogen-bond donors (Lipinski definition) is 3. The average Bonchev–Trinajstić information content (AvgIpc) is 2.52. The molecule has 0 bridgehead atoms. The van der Waals surface area contributed by atoms with E-state index in [-0.39, 0.29) is 5.91 Å². The van der Waals surface area contributed by atoms with Gasteiger partial charge >= 0.3 is 0 Å². The van der Waals surface area contributed by atoms with E-state index >= 15 is 0 Å². The van der Waals surface area contributed by atoms with Crippen molar-refractivity contribution in [2.45, 2.75) is 13.8 Å². The number of rotatable bonds is 7. The van der Waals surface area contributed by atoms with Crippen molar-refractivity contribution in [2.75, 3.05) is 30.3 Å². The summed E-state index contributed by atoms with van der Waals surface area (Å²) in [6.07, 6.45) is 3.19. The zero-order valence-corrected chi connectivity index (χ0v) is 12.8. The van der Waals surface area contributed by atoms with Crippen LogP contribution in [0.2, 0.25) is 0 Å². The number of pyridine rings is 1. The van der Waals surface area contributed by atoms with Gasteiger partial charge in [0.05, 0.1) is 0 Å². The van der Waals surface area contributed by atoms with Gasteiger partial charge in [0.1, 0.15) is 17.5 Å². The van der Waals surface area contributed by atoms with Crippen molar-refractivity contribution in [3.05, 3.63) is 42.0 Å². The quantitative estimate of drug-likeness (QED) is 0.670. The molecule has 0 atom stereocenters. The number of nitrogens with zero attached hydrogens (tertiary/aromatic N) is 3. The van der Waals surface area contributed by atoms with Crippen molar-refractivity contribution < 1.29 is 4.79 Å². The minimum absolute atomic E-state index is 0.114. The van der Waals surface area contributed by atoms with E-state index in [1.165, 1.54) is 0 Å². The van der Waals surface area contributed by atoms with E-state index in [1.54, 1.807) is 24.5 Å². The lowest BCUT2D eigenvalue weighted by Crippen LogP contribution is -2.28. The molecule has 0 aliphatic carbocycles. The summed E-state index contributed by atoms with van der Waals surface area (Å²) in [7, 11) is 0. The Hall–Kier alpha value is -2.70. The summed E-state index contributed by atoms with van der Waals surface area (Å²) in [5.41, 5.74) is 0.599. The first-order valence-corrected chi connectivity index (χ1v) is 7.20. The maximum atomic E-state index is 11.8. The van der Waals surface area contributed by atoms with Crippen LogP contribution in [-0.2, 0) is 0 Å². The normalized spacial score (nSPS) is 10.1. The average molecular weight is 300 g/mol. The number of carbonyl (C=O) groups excluding carboxylic acids is 1. The Balaban J connectivity index is 1.80. The third-order valence-corrected chi connectivity index (χ3v) is 2.86. The maximum Gasteiger partial charge on any atom is 0.251 e. The molecule has 0 aliphatic rings. The first-order chi connectivity index (χ1) is 10.7. The van der Waals surface area contributed by atoms with Gasteiger partial charge < -0.3 is 16.0 Å². The van der Waals surface area contributed by atoms with Crippen LogP contribution in [0, 0.1) is 6.92 Å². The zero-order valence-electron chi connectivity index (χ0n) is 12.8. The Morgan fingerprint density at radius 1 is 1.09 bits per heavy atom. The van der Waals surface area contributed by atoms with Crippen LogP contribution in [-0.4, -0.2) is 40.5 Å². The van der Waals surface area contributed by atoms with Gasteiger partial charge in [-0.25, -0.2) is 9.97 Å². The molecule has 0 saturated heterocycles. The van der Waals surface area contributed by atoms with E-state index in [2.05, 4.69) is 30.9 Å². The molecule has 7 nitrogen and oxygen atoms in total. The van der Waals surface area contributed by atoms with Crippen molar-refractivity contribution in [3.8, 4) is 0 Å². The molecule has 0 aromatic carbocycles. The summed E-state index contributed by atoms with van der Waals surface area (Å²) in [6.45, 7) is 5.74. The van der Waals surface area contributed by atoms with Gasteiger partial charge in [-0.1, -0.05) is 0 Å². The third kappa shape index (κ3) is 4.69. The van der Waals surface area contributed by atoms with E-state index in [0.29, 0.717) is 24.5 Å². The monoisotopic (exact) mass is 300 g/mol. The largest absolute Gasteiger partial charge is 0.370 e. The molecule has 0 spiro atoms. The number of aryl methyl sites for hydroxylation is 1. The fourth-order valence-electron chi connectivity index (χ4n) is 1.90. The molecular weight excluding hydrogens is 280 g/mol. The Kier molecular flexibility index (Phi) is 5.65. The summed E-state index contributed by atoms with van der Waals surface area (Å²) in [4.78, 5) is 24.3. The fourth-order valence-corrected chi connectivity index (χ4v) is 1.90. The summed E-state index contributed by atoms with van der Waals surface area (Å²) in [5.74, 6) is 2.11. The highest BCUT2D eigenvalue weighted by atomic mass is 16.1. The van der Waals surface area contributed by atoms with E-state index < -0.39 is 0 Å². The first kappa shape index (κ1) is 15.7. The lowest BCUT2D eigenvalue weighted by Gasteiger charge is -2.10.